The summed E-state index contributed by atoms with van der Waals surface area (Å²) >= 11 is 0. The molecule has 2 aromatic rings. The number of H-pyrrole nitrogens is 1. The molecule has 0 aliphatic rings. The van der Waals surface area contributed by atoms with Crippen molar-refractivity contribution in [2.75, 3.05) is 18.0 Å². The van der Waals surface area contributed by atoms with Crippen LogP contribution in [-0.2, 0) is 7.05 Å². The fourth-order valence-corrected chi connectivity index (χ4v) is 1.82. The number of hydrogen-bond acceptors (Lipinski definition) is 4. The second-order valence-electron chi connectivity index (χ2n) is 4.03. The number of aromatic nitrogens is 4. The van der Waals surface area contributed by atoms with Gasteiger partial charge in [0.1, 0.15) is 0 Å². The Hall–Kier alpha value is -2.11. The van der Waals surface area contributed by atoms with Crippen LogP contribution in [0, 0.1) is 0 Å². The molecule has 96 valence electrons. The lowest BCUT2D eigenvalue weighted by atomic mass is 10.2. The third kappa shape index (κ3) is 2.42. The van der Waals surface area contributed by atoms with Gasteiger partial charge in [-0.1, -0.05) is 0 Å². The first-order valence-corrected chi connectivity index (χ1v) is 5.99. The van der Waals surface area contributed by atoms with Gasteiger partial charge in [-0.15, -0.1) is 0 Å². The molecule has 0 bridgehead atoms. The van der Waals surface area contributed by atoms with E-state index in [2.05, 4.69) is 15.1 Å². The highest BCUT2D eigenvalue weighted by atomic mass is 16.1. The lowest BCUT2D eigenvalue weighted by Crippen LogP contribution is -2.26. The Morgan fingerprint density at radius 3 is 2.67 bits per heavy atom. The summed E-state index contributed by atoms with van der Waals surface area (Å²) in [7, 11) is 1.84. The summed E-state index contributed by atoms with van der Waals surface area (Å²) in [5.74, 6) is 0.603. The number of aryl methyl sites for hydroxylation is 1. The molecule has 6 heteroatoms. The van der Waals surface area contributed by atoms with Crippen molar-refractivity contribution in [1.29, 1.82) is 0 Å². The van der Waals surface area contributed by atoms with Gasteiger partial charge in [0.05, 0.1) is 11.9 Å². The SMILES string of the molecule is CCN(CC)c1nc(-c2cnn(C)c2)cc(=O)[nH]1. The molecule has 0 unspecified atom stereocenters. The van der Waals surface area contributed by atoms with E-state index in [1.54, 1.807) is 10.9 Å². The molecule has 18 heavy (non-hydrogen) atoms. The van der Waals surface area contributed by atoms with Gasteiger partial charge >= 0.3 is 0 Å². The minimum absolute atomic E-state index is 0.147. The Bertz CT molecular complexity index is 582. The lowest BCUT2D eigenvalue weighted by molar-refractivity contribution is 0.768. The van der Waals surface area contributed by atoms with E-state index in [0.29, 0.717) is 11.6 Å². The molecule has 0 aliphatic carbocycles. The van der Waals surface area contributed by atoms with Gasteiger partial charge in [0.25, 0.3) is 5.56 Å². The maximum atomic E-state index is 11.7. The molecular formula is C12H17N5O. The zero-order chi connectivity index (χ0) is 13.1. The van der Waals surface area contributed by atoms with E-state index in [4.69, 9.17) is 0 Å². The smallest absolute Gasteiger partial charge is 0.252 e. The molecule has 0 atom stereocenters. The van der Waals surface area contributed by atoms with Crippen molar-refractivity contribution in [2.24, 2.45) is 7.05 Å². The number of nitrogens with one attached hydrogen (secondary N) is 1. The van der Waals surface area contributed by atoms with Crippen molar-refractivity contribution < 1.29 is 0 Å². The van der Waals surface area contributed by atoms with Crippen molar-refractivity contribution in [2.45, 2.75) is 13.8 Å². The van der Waals surface area contributed by atoms with E-state index >= 15 is 0 Å². The third-order valence-electron chi connectivity index (χ3n) is 2.79. The molecule has 1 N–H and O–H groups in total. The fourth-order valence-electron chi connectivity index (χ4n) is 1.82. The summed E-state index contributed by atoms with van der Waals surface area (Å²) < 4.78 is 1.69. The van der Waals surface area contributed by atoms with Crippen molar-refractivity contribution >= 4 is 5.95 Å². The first-order valence-electron chi connectivity index (χ1n) is 5.99. The minimum atomic E-state index is -0.147. The molecule has 6 nitrogen and oxygen atoms in total. The van der Waals surface area contributed by atoms with Gasteiger partial charge in [-0.3, -0.25) is 14.5 Å². The summed E-state index contributed by atoms with van der Waals surface area (Å²) in [5.41, 5.74) is 1.34. The molecule has 0 aliphatic heterocycles. The van der Waals surface area contributed by atoms with E-state index in [0.717, 1.165) is 18.7 Å². The van der Waals surface area contributed by atoms with E-state index in [-0.39, 0.29) is 5.56 Å². The molecule has 0 fully saturated rings. The summed E-state index contributed by atoms with van der Waals surface area (Å²) in [6.45, 7) is 5.66. The number of anilines is 1. The molecule has 0 spiro atoms. The first kappa shape index (κ1) is 12.3. The zero-order valence-electron chi connectivity index (χ0n) is 10.8. The molecule has 2 aromatic heterocycles. The van der Waals surface area contributed by atoms with Gasteiger partial charge in [-0.25, -0.2) is 4.98 Å². The molecule has 0 radical (unpaired) electrons. The summed E-state index contributed by atoms with van der Waals surface area (Å²) in [5, 5.41) is 4.09. The zero-order valence-corrected chi connectivity index (χ0v) is 10.8. The van der Waals surface area contributed by atoms with Crippen molar-refractivity contribution in [3.63, 3.8) is 0 Å². The second kappa shape index (κ2) is 5.03. The highest BCUT2D eigenvalue weighted by Crippen LogP contribution is 2.16. The summed E-state index contributed by atoms with van der Waals surface area (Å²) in [6, 6.07) is 1.49. The molecule has 2 heterocycles. The highest BCUT2D eigenvalue weighted by Gasteiger charge is 2.09. The molecule has 0 saturated heterocycles. The normalized spacial score (nSPS) is 10.6. The average molecular weight is 247 g/mol. The van der Waals surface area contributed by atoms with Gasteiger partial charge in [-0.05, 0) is 13.8 Å². The average Bonchev–Trinajstić information content (AvgIpc) is 2.77. The fraction of sp³-hybridized carbons (Fsp3) is 0.417. The Balaban J connectivity index is 2.47. The molecule has 0 aromatic carbocycles. The van der Waals surface area contributed by atoms with Crippen LogP contribution in [0.25, 0.3) is 11.3 Å². The second-order valence-corrected chi connectivity index (χ2v) is 4.03. The van der Waals surface area contributed by atoms with Crippen LogP contribution in [0.3, 0.4) is 0 Å². The van der Waals surface area contributed by atoms with Crippen LogP contribution in [0.4, 0.5) is 5.95 Å². The summed E-state index contributed by atoms with van der Waals surface area (Å²) in [4.78, 5) is 20.9. The largest absolute Gasteiger partial charge is 0.343 e. The van der Waals surface area contributed by atoms with E-state index < -0.39 is 0 Å². The monoisotopic (exact) mass is 247 g/mol. The van der Waals surface area contributed by atoms with Crippen molar-refractivity contribution in [3.8, 4) is 11.3 Å². The maximum Gasteiger partial charge on any atom is 0.252 e. The highest BCUT2D eigenvalue weighted by molar-refractivity contribution is 5.58. The molecular weight excluding hydrogens is 230 g/mol. The van der Waals surface area contributed by atoms with Gasteiger partial charge in [0, 0.05) is 38.0 Å². The quantitative estimate of drug-likeness (QED) is 0.875. The van der Waals surface area contributed by atoms with Crippen molar-refractivity contribution in [1.82, 2.24) is 19.7 Å². The lowest BCUT2D eigenvalue weighted by Gasteiger charge is -2.19. The Morgan fingerprint density at radius 1 is 1.39 bits per heavy atom. The Morgan fingerprint density at radius 2 is 2.11 bits per heavy atom. The van der Waals surface area contributed by atoms with E-state index in [1.165, 1.54) is 6.07 Å². The number of nitrogens with zero attached hydrogens (tertiary/aromatic N) is 4. The number of aromatic amines is 1. The predicted molar refractivity (Wildman–Crippen MR) is 70.6 cm³/mol. The van der Waals surface area contributed by atoms with Gasteiger partial charge in [0.15, 0.2) is 0 Å². The van der Waals surface area contributed by atoms with Crippen LogP contribution in [0.5, 0.6) is 0 Å². The van der Waals surface area contributed by atoms with Crippen LogP contribution in [0.1, 0.15) is 13.8 Å². The standard InChI is InChI=1S/C12H17N5O/c1-4-17(5-2)12-14-10(6-11(18)15-12)9-7-13-16(3)8-9/h6-8H,4-5H2,1-3H3,(H,14,15,18). The minimum Gasteiger partial charge on any atom is -0.343 e. The van der Waals surface area contributed by atoms with Crippen LogP contribution in [0.15, 0.2) is 23.3 Å². The molecule has 0 saturated carbocycles. The Kier molecular flexibility index (Phi) is 3.45. The topological polar surface area (TPSA) is 66.8 Å². The van der Waals surface area contributed by atoms with Crippen LogP contribution < -0.4 is 10.5 Å². The number of hydrogen-bond donors (Lipinski definition) is 1. The molecule has 2 rings (SSSR count). The van der Waals surface area contributed by atoms with Crippen LogP contribution in [0.2, 0.25) is 0 Å². The van der Waals surface area contributed by atoms with E-state index in [9.17, 15) is 4.79 Å². The van der Waals surface area contributed by atoms with Crippen molar-refractivity contribution in [3.05, 3.63) is 28.8 Å². The predicted octanol–water partition coefficient (Wildman–Crippen LogP) is 1.02. The summed E-state index contributed by atoms with van der Waals surface area (Å²) in [6.07, 6.45) is 3.54. The Labute approximate surface area is 105 Å². The third-order valence-corrected chi connectivity index (χ3v) is 2.79. The first-order chi connectivity index (χ1) is 8.63. The van der Waals surface area contributed by atoms with E-state index in [1.807, 2.05) is 32.0 Å². The van der Waals surface area contributed by atoms with Crippen LogP contribution in [-0.4, -0.2) is 32.8 Å². The number of rotatable bonds is 4. The maximum absolute atomic E-state index is 11.7. The van der Waals surface area contributed by atoms with Gasteiger partial charge in [0.2, 0.25) is 5.95 Å². The van der Waals surface area contributed by atoms with Gasteiger partial charge < -0.3 is 4.90 Å². The van der Waals surface area contributed by atoms with Crippen LogP contribution >= 0.6 is 0 Å². The van der Waals surface area contributed by atoms with Gasteiger partial charge in [-0.2, -0.15) is 5.10 Å². The molecule has 0 amide bonds.